The van der Waals surface area contributed by atoms with E-state index in [-0.39, 0.29) is 0 Å². The minimum absolute atomic E-state index is 0.699. The molecule has 1 aromatic rings. The Balaban J connectivity index is 1.62. The molecule has 116 valence electrons. The van der Waals surface area contributed by atoms with Crippen LogP contribution in [-0.2, 0) is 6.42 Å². The van der Waals surface area contributed by atoms with Gasteiger partial charge < -0.3 is 5.32 Å². The molecule has 1 nitrogen and oxygen atoms in total. The van der Waals surface area contributed by atoms with Crippen molar-refractivity contribution in [3.63, 3.8) is 0 Å². The molecule has 3 rings (SSSR count). The lowest BCUT2D eigenvalue weighted by Gasteiger charge is -2.30. The number of benzene rings is 1. The topological polar surface area (TPSA) is 12.0 Å². The Morgan fingerprint density at radius 3 is 2.76 bits per heavy atom. The van der Waals surface area contributed by atoms with Gasteiger partial charge in [-0.05, 0) is 43.4 Å². The van der Waals surface area contributed by atoms with Crippen molar-refractivity contribution in [3.05, 3.63) is 29.8 Å². The zero-order chi connectivity index (χ0) is 14.5. The molecule has 0 bridgehead atoms. The summed E-state index contributed by atoms with van der Waals surface area (Å²) in [5, 5.41) is 4.62. The molecule has 2 aliphatic rings. The van der Waals surface area contributed by atoms with Gasteiger partial charge in [0.1, 0.15) is 0 Å². The normalized spacial score (nSPS) is 24.0. The van der Waals surface area contributed by atoms with Crippen molar-refractivity contribution in [3.8, 4) is 0 Å². The molecular weight excluding hydrogens is 274 g/mol. The molecule has 0 amide bonds. The van der Waals surface area contributed by atoms with Crippen LogP contribution in [0, 0.1) is 5.92 Å². The van der Waals surface area contributed by atoms with Crippen molar-refractivity contribution in [1.29, 1.82) is 0 Å². The lowest BCUT2D eigenvalue weighted by atomic mass is 9.83. The zero-order valence-corrected chi connectivity index (χ0v) is 14.1. The molecule has 2 heteroatoms. The Labute approximate surface area is 134 Å². The van der Waals surface area contributed by atoms with Crippen molar-refractivity contribution in [2.24, 2.45) is 5.92 Å². The zero-order valence-electron chi connectivity index (χ0n) is 13.3. The van der Waals surface area contributed by atoms with Gasteiger partial charge in [0.25, 0.3) is 0 Å². The fourth-order valence-electron chi connectivity index (χ4n) is 3.91. The molecule has 1 saturated carbocycles. The van der Waals surface area contributed by atoms with E-state index in [0.717, 1.165) is 11.2 Å². The Morgan fingerprint density at radius 2 is 2.00 bits per heavy atom. The van der Waals surface area contributed by atoms with Crippen LogP contribution in [-0.4, -0.2) is 17.8 Å². The van der Waals surface area contributed by atoms with E-state index in [2.05, 4.69) is 48.3 Å². The summed E-state index contributed by atoms with van der Waals surface area (Å²) < 4.78 is 0. The summed E-state index contributed by atoms with van der Waals surface area (Å²) in [4.78, 5) is 1.52. The first-order chi connectivity index (χ1) is 10.4. The van der Waals surface area contributed by atoms with Crippen LogP contribution in [0.15, 0.2) is 29.2 Å². The van der Waals surface area contributed by atoms with E-state index >= 15 is 0 Å². The fraction of sp³-hybridized carbons (Fsp3) is 0.684. The molecule has 1 aliphatic carbocycles. The molecule has 1 aromatic carbocycles. The van der Waals surface area contributed by atoms with Crippen LogP contribution in [0.1, 0.15) is 57.4 Å². The van der Waals surface area contributed by atoms with Gasteiger partial charge in [-0.3, -0.25) is 0 Å². The van der Waals surface area contributed by atoms with Crippen LogP contribution in [0.25, 0.3) is 0 Å². The third-order valence-electron chi connectivity index (χ3n) is 5.09. The van der Waals surface area contributed by atoms with Crippen molar-refractivity contribution in [1.82, 2.24) is 5.32 Å². The van der Waals surface area contributed by atoms with Crippen LogP contribution in [0.3, 0.4) is 0 Å². The van der Waals surface area contributed by atoms with Gasteiger partial charge in [-0.2, -0.15) is 0 Å². The number of rotatable bonds is 6. The first-order valence-electron chi connectivity index (χ1n) is 8.84. The maximum absolute atomic E-state index is 3.87. The molecular formula is C19H29NS. The van der Waals surface area contributed by atoms with Gasteiger partial charge in [0.2, 0.25) is 0 Å². The number of hydrogen-bond donors (Lipinski definition) is 1. The summed E-state index contributed by atoms with van der Waals surface area (Å²) in [6.07, 6.45) is 11.2. The summed E-state index contributed by atoms with van der Waals surface area (Å²) in [5.74, 6) is 0.970. The monoisotopic (exact) mass is 303 g/mol. The molecule has 1 fully saturated rings. The first-order valence-corrected chi connectivity index (χ1v) is 9.72. The van der Waals surface area contributed by atoms with E-state index in [4.69, 9.17) is 0 Å². The third-order valence-corrected chi connectivity index (χ3v) is 6.54. The van der Waals surface area contributed by atoms with Crippen molar-refractivity contribution in [2.75, 3.05) is 6.54 Å². The average Bonchev–Trinajstić information content (AvgIpc) is 2.96. The summed E-state index contributed by atoms with van der Waals surface area (Å²) in [7, 11) is 0. The second-order valence-electron chi connectivity index (χ2n) is 6.77. The summed E-state index contributed by atoms with van der Waals surface area (Å²) in [6, 6.07) is 9.70. The molecule has 2 atom stereocenters. The van der Waals surface area contributed by atoms with Crippen molar-refractivity contribution < 1.29 is 0 Å². The second kappa shape index (κ2) is 7.69. The molecule has 0 spiro atoms. The fourth-order valence-corrected chi connectivity index (χ4v) is 5.33. The van der Waals surface area contributed by atoms with Crippen LogP contribution in [0.5, 0.6) is 0 Å². The minimum Gasteiger partial charge on any atom is -0.313 e. The Bertz CT molecular complexity index is 414. The van der Waals surface area contributed by atoms with Crippen molar-refractivity contribution in [2.45, 2.75) is 74.5 Å². The van der Waals surface area contributed by atoms with E-state index in [0.29, 0.717) is 6.04 Å². The standard InChI is InChI=1S/C19H29NS/c1-2-12-20-17(13-15-8-4-3-5-9-15)19-14-16-10-6-7-11-18(16)21-19/h6-7,10-11,15,17,19-20H,2-5,8-9,12-14H2,1H3. The number of fused-ring (bicyclic) bond motifs is 1. The van der Waals surface area contributed by atoms with E-state index in [1.54, 1.807) is 5.56 Å². The van der Waals surface area contributed by atoms with Gasteiger partial charge >= 0.3 is 0 Å². The number of thioether (sulfide) groups is 1. The highest BCUT2D eigenvalue weighted by molar-refractivity contribution is 8.00. The smallest absolute Gasteiger partial charge is 0.0289 e. The molecule has 1 heterocycles. The highest BCUT2D eigenvalue weighted by Gasteiger charge is 2.30. The molecule has 1 N–H and O–H groups in total. The predicted molar refractivity (Wildman–Crippen MR) is 93.1 cm³/mol. The SMILES string of the molecule is CCCNC(CC1CCCCC1)C1Cc2ccccc2S1. The molecule has 0 radical (unpaired) electrons. The molecule has 0 aromatic heterocycles. The van der Waals surface area contributed by atoms with Crippen molar-refractivity contribution >= 4 is 11.8 Å². The van der Waals surface area contributed by atoms with Gasteiger partial charge in [0.15, 0.2) is 0 Å². The Morgan fingerprint density at radius 1 is 1.19 bits per heavy atom. The van der Waals surface area contributed by atoms with Gasteiger partial charge in [-0.15, -0.1) is 11.8 Å². The number of nitrogens with one attached hydrogen (secondary N) is 1. The molecule has 1 aliphatic heterocycles. The quantitative estimate of drug-likeness (QED) is 0.790. The summed E-state index contributed by atoms with van der Waals surface area (Å²) in [5.41, 5.74) is 1.57. The summed E-state index contributed by atoms with van der Waals surface area (Å²) >= 11 is 2.12. The van der Waals surface area contributed by atoms with E-state index in [1.807, 2.05) is 0 Å². The Hall–Kier alpha value is -0.470. The van der Waals surface area contributed by atoms with E-state index in [9.17, 15) is 0 Å². The molecule has 0 saturated heterocycles. The lowest BCUT2D eigenvalue weighted by molar-refractivity contribution is 0.294. The third kappa shape index (κ3) is 4.04. The van der Waals surface area contributed by atoms with Gasteiger partial charge in [-0.25, -0.2) is 0 Å². The van der Waals surface area contributed by atoms with E-state index in [1.165, 1.54) is 62.8 Å². The van der Waals surface area contributed by atoms with Gasteiger partial charge in [-0.1, -0.05) is 57.2 Å². The van der Waals surface area contributed by atoms with Crippen LogP contribution >= 0.6 is 11.8 Å². The van der Waals surface area contributed by atoms with E-state index < -0.39 is 0 Å². The maximum Gasteiger partial charge on any atom is 0.0289 e. The minimum atomic E-state index is 0.699. The second-order valence-corrected chi connectivity index (χ2v) is 8.05. The van der Waals surface area contributed by atoms with Crippen LogP contribution in [0.4, 0.5) is 0 Å². The molecule has 2 unspecified atom stereocenters. The number of hydrogen-bond acceptors (Lipinski definition) is 2. The highest BCUT2D eigenvalue weighted by atomic mass is 32.2. The largest absolute Gasteiger partial charge is 0.313 e. The average molecular weight is 304 g/mol. The van der Waals surface area contributed by atoms with Crippen LogP contribution < -0.4 is 5.32 Å². The predicted octanol–water partition coefficient (Wildman–Crippen LogP) is 5.04. The van der Waals surface area contributed by atoms with Gasteiger partial charge in [0, 0.05) is 16.2 Å². The Kier molecular flexibility index (Phi) is 5.65. The van der Waals surface area contributed by atoms with Gasteiger partial charge in [0.05, 0.1) is 0 Å². The maximum atomic E-state index is 3.87. The van der Waals surface area contributed by atoms with Crippen LogP contribution in [0.2, 0.25) is 0 Å². The lowest BCUT2D eigenvalue weighted by Crippen LogP contribution is -2.40. The molecule has 21 heavy (non-hydrogen) atoms. The summed E-state index contributed by atoms with van der Waals surface area (Å²) in [6.45, 7) is 3.45. The highest BCUT2D eigenvalue weighted by Crippen LogP contribution is 2.40. The first kappa shape index (κ1) is 15.4.